The maximum Gasteiger partial charge on any atom is 0.184 e. The number of nitrogens with zero attached hydrogens (tertiary/aromatic N) is 1. The van der Waals surface area contributed by atoms with Crippen molar-refractivity contribution in [1.29, 1.82) is 5.26 Å². The summed E-state index contributed by atoms with van der Waals surface area (Å²) in [5.74, 6) is -1.90. The van der Waals surface area contributed by atoms with Gasteiger partial charge >= 0.3 is 0 Å². The monoisotopic (exact) mass is 273 g/mol. The Kier molecular flexibility index (Phi) is 3.94. The van der Waals surface area contributed by atoms with E-state index in [1.54, 1.807) is 24.3 Å². The van der Waals surface area contributed by atoms with E-state index >= 15 is 0 Å². The van der Waals surface area contributed by atoms with Gasteiger partial charge in [0, 0.05) is 10.6 Å². The maximum atomic E-state index is 13.2. The Morgan fingerprint density at radius 3 is 2.58 bits per heavy atom. The Balaban J connectivity index is 2.38. The van der Waals surface area contributed by atoms with E-state index in [0.29, 0.717) is 16.1 Å². The van der Waals surface area contributed by atoms with Crippen LogP contribution in [0.15, 0.2) is 48.5 Å². The van der Waals surface area contributed by atoms with Gasteiger partial charge in [0.1, 0.15) is 11.7 Å². The first-order valence-electron chi connectivity index (χ1n) is 5.56. The van der Waals surface area contributed by atoms with Crippen LogP contribution in [0.25, 0.3) is 0 Å². The van der Waals surface area contributed by atoms with Crippen molar-refractivity contribution in [2.45, 2.75) is 5.92 Å². The number of benzene rings is 2. The molecule has 2 rings (SSSR count). The molecule has 0 heterocycles. The number of halogens is 2. The maximum absolute atomic E-state index is 13.2. The van der Waals surface area contributed by atoms with Gasteiger partial charge in [0.15, 0.2) is 5.78 Å². The predicted molar refractivity (Wildman–Crippen MR) is 70.5 cm³/mol. The number of carbonyl (C=O) groups excluding carboxylic acids is 1. The first-order chi connectivity index (χ1) is 9.11. The lowest BCUT2D eigenvalue weighted by Gasteiger charge is -2.09. The van der Waals surface area contributed by atoms with Crippen LogP contribution in [0.3, 0.4) is 0 Å². The van der Waals surface area contributed by atoms with Gasteiger partial charge in [-0.25, -0.2) is 4.39 Å². The first-order valence-corrected chi connectivity index (χ1v) is 5.94. The third-order valence-corrected chi connectivity index (χ3v) is 2.92. The summed E-state index contributed by atoms with van der Waals surface area (Å²) in [6.45, 7) is 0. The zero-order valence-electron chi connectivity index (χ0n) is 9.81. The molecule has 19 heavy (non-hydrogen) atoms. The van der Waals surface area contributed by atoms with E-state index in [1.807, 2.05) is 6.07 Å². The molecule has 0 aliphatic rings. The molecular weight excluding hydrogens is 265 g/mol. The van der Waals surface area contributed by atoms with Gasteiger partial charge in [0.25, 0.3) is 0 Å². The number of hydrogen-bond acceptors (Lipinski definition) is 2. The molecule has 0 aliphatic carbocycles. The minimum Gasteiger partial charge on any atom is -0.292 e. The van der Waals surface area contributed by atoms with Gasteiger partial charge in [0.2, 0.25) is 0 Å². The van der Waals surface area contributed by atoms with Crippen LogP contribution < -0.4 is 0 Å². The quantitative estimate of drug-likeness (QED) is 0.794. The molecule has 0 radical (unpaired) electrons. The molecule has 1 unspecified atom stereocenters. The second kappa shape index (κ2) is 5.64. The van der Waals surface area contributed by atoms with Gasteiger partial charge in [-0.05, 0) is 29.8 Å². The largest absolute Gasteiger partial charge is 0.292 e. The third-order valence-electron chi connectivity index (χ3n) is 2.68. The molecule has 0 bridgehead atoms. The molecule has 2 aromatic carbocycles. The zero-order chi connectivity index (χ0) is 13.8. The van der Waals surface area contributed by atoms with E-state index in [-0.39, 0.29) is 0 Å². The van der Waals surface area contributed by atoms with Crippen molar-refractivity contribution in [2.24, 2.45) is 0 Å². The first kappa shape index (κ1) is 13.3. The van der Waals surface area contributed by atoms with E-state index in [4.69, 9.17) is 16.9 Å². The number of nitriles is 1. The van der Waals surface area contributed by atoms with Crippen LogP contribution in [0.4, 0.5) is 4.39 Å². The van der Waals surface area contributed by atoms with Crippen molar-refractivity contribution in [1.82, 2.24) is 0 Å². The zero-order valence-corrected chi connectivity index (χ0v) is 10.6. The highest BCUT2D eigenvalue weighted by atomic mass is 35.5. The van der Waals surface area contributed by atoms with Crippen molar-refractivity contribution in [3.05, 3.63) is 70.5 Å². The molecule has 0 saturated heterocycles. The summed E-state index contributed by atoms with van der Waals surface area (Å²) < 4.78 is 13.2. The van der Waals surface area contributed by atoms with E-state index < -0.39 is 17.5 Å². The molecule has 0 spiro atoms. The molecule has 0 amide bonds. The molecular formula is C15H9ClFNO. The molecule has 2 nitrogen and oxygen atoms in total. The average Bonchev–Trinajstić information content (AvgIpc) is 2.39. The van der Waals surface area contributed by atoms with Crippen LogP contribution in [0.2, 0.25) is 5.02 Å². The minimum absolute atomic E-state index is 0.336. The smallest absolute Gasteiger partial charge is 0.184 e. The van der Waals surface area contributed by atoms with Gasteiger partial charge in [-0.3, -0.25) is 4.79 Å². The summed E-state index contributed by atoms with van der Waals surface area (Å²) in [7, 11) is 0. The minimum atomic E-state index is -1.03. The summed E-state index contributed by atoms with van der Waals surface area (Å²) in [6.07, 6.45) is 0. The van der Waals surface area contributed by atoms with E-state index in [1.165, 1.54) is 24.3 Å². The van der Waals surface area contributed by atoms with Gasteiger partial charge in [-0.15, -0.1) is 0 Å². The van der Waals surface area contributed by atoms with Gasteiger partial charge in [-0.1, -0.05) is 35.9 Å². The normalized spacial score (nSPS) is 11.6. The second-order valence-corrected chi connectivity index (χ2v) is 4.43. The fraction of sp³-hybridized carbons (Fsp3) is 0.0667. The number of ketones is 1. The van der Waals surface area contributed by atoms with Crippen LogP contribution in [0, 0.1) is 17.1 Å². The van der Waals surface area contributed by atoms with Gasteiger partial charge in [0.05, 0.1) is 6.07 Å². The van der Waals surface area contributed by atoms with Crippen molar-refractivity contribution in [2.75, 3.05) is 0 Å². The molecule has 0 aromatic heterocycles. The summed E-state index contributed by atoms with van der Waals surface area (Å²) >= 11 is 5.81. The van der Waals surface area contributed by atoms with Crippen molar-refractivity contribution in [3.63, 3.8) is 0 Å². The third kappa shape index (κ3) is 2.98. The van der Waals surface area contributed by atoms with Crippen LogP contribution in [-0.4, -0.2) is 5.78 Å². The summed E-state index contributed by atoms with van der Waals surface area (Å²) in [5, 5.41) is 9.56. The Labute approximate surface area is 115 Å². The number of Topliss-reactive ketones (excluding diaryl/α,β-unsaturated/α-hetero) is 1. The Bertz CT molecular complexity index is 663. The summed E-state index contributed by atoms with van der Waals surface area (Å²) in [5.41, 5.74) is 0.677. The lowest BCUT2D eigenvalue weighted by molar-refractivity contribution is 0.0979. The molecule has 94 valence electrons. The number of carbonyl (C=O) groups is 1. The van der Waals surface area contributed by atoms with Crippen LogP contribution >= 0.6 is 11.6 Å². The average molecular weight is 274 g/mol. The highest BCUT2D eigenvalue weighted by Crippen LogP contribution is 2.22. The molecule has 0 N–H and O–H groups in total. The van der Waals surface area contributed by atoms with Crippen LogP contribution in [-0.2, 0) is 0 Å². The number of hydrogen-bond donors (Lipinski definition) is 0. The van der Waals surface area contributed by atoms with E-state index in [9.17, 15) is 9.18 Å². The van der Waals surface area contributed by atoms with E-state index in [2.05, 4.69) is 0 Å². The van der Waals surface area contributed by atoms with Gasteiger partial charge in [-0.2, -0.15) is 5.26 Å². The lowest BCUT2D eigenvalue weighted by Crippen LogP contribution is -2.11. The topological polar surface area (TPSA) is 40.9 Å². The number of rotatable bonds is 3. The van der Waals surface area contributed by atoms with Gasteiger partial charge < -0.3 is 0 Å². The molecule has 1 atom stereocenters. The Morgan fingerprint density at radius 2 is 1.95 bits per heavy atom. The molecule has 0 saturated carbocycles. The van der Waals surface area contributed by atoms with Crippen LogP contribution in [0.5, 0.6) is 0 Å². The van der Waals surface area contributed by atoms with Crippen LogP contribution in [0.1, 0.15) is 21.8 Å². The standard InChI is InChI=1S/C15H9ClFNO/c16-12-5-1-4-11(7-12)15(19)14(9-18)10-3-2-6-13(17)8-10/h1-8,14H. The predicted octanol–water partition coefficient (Wildman–Crippen LogP) is 3.97. The van der Waals surface area contributed by atoms with Crippen molar-refractivity contribution in [3.8, 4) is 6.07 Å². The Morgan fingerprint density at radius 1 is 1.21 bits per heavy atom. The fourth-order valence-electron chi connectivity index (χ4n) is 1.78. The molecule has 2 aromatic rings. The molecule has 0 aliphatic heterocycles. The second-order valence-electron chi connectivity index (χ2n) is 3.99. The fourth-order valence-corrected chi connectivity index (χ4v) is 1.97. The SMILES string of the molecule is N#CC(C(=O)c1cccc(Cl)c1)c1cccc(F)c1. The van der Waals surface area contributed by atoms with Crippen molar-refractivity contribution < 1.29 is 9.18 Å². The summed E-state index contributed by atoms with van der Waals surface area (Å²) in [6, 6.07) is 13.7. The molecule has 0 fully saturated rings. The summed E-state index contributed by atoms with van der Waals surface area (Å²) in [4.78, 5) is 12.2. The van der Waals surface area contributed by atoms with Crippen molar-refractivity contribution >= 4 is 17.4 Å². The Hall–Kier alpha value is -2.18. The highest BCUT2D eigenvalue weighted by Gasteiger charge is 2.22. The molecule has 4 heteroatoms. The lowest BCUT2D eigenvalue weighted by atomic mass is 9.92. The highest BCUT2D eigenvalue weighted by molar-refractivity contribution is 6.31. The van der Waals surface area contributed by atoms with E-state index in [0.717, 1.165) is 0 Å².